The van der Waals surface area contributed by atoms with Crippen molar-refractivity contribution >= 4 is 17.7 Å². The third kappa shape index (κ3) is 7.15. The number of rotatable bonds is 10. The number of amides is 1. The minimum atomic E-state index is -4.46. The molecule has 0 aliphatic carbocycles. The maximum atomic E-state index is 12.9. The van der Waals surface area contributed by atoms with Gasteiger partial charge in [-0.1, -0.05) is 30.3 Å². The van der Waals surface area contributed by atoms with E-state index in [-0.39, 0.29) is 30.1 Å². The Kier molecular flexibility index (Phi) is 8.44. The molecule has 2 aromatic carbocycles. The number of aromatic carboxylic acids is 1. The Morgan fingerprint density at radius 1 is 1.00 bits per heavy atom. The van der Waals surface area contributed by atoms with E-state index in [1.165, 1.54) is 18.2 Å². The summed E-state index contributed by atoms with van der Waals surface area (Å²) in [7, 11) is 0. The zero-order chi connectivity index (χ0) is 24.7. The predicted octanol–water partition coefficient (Wildman–Crippen LogP) is 4.38. The summed E-state index contributed by atoms with van der Waals surface area (Å²) in [5.74, 6) is -1.22. The maximum absolute atomic E-state index is 12.9. The normalized spacial score (nSPS) is 14.9. The number of benzene rings is 2. The Balaban J connectivity index is 1.52. The van der Waals surface area contributed by atoms with Crippen molar-refractivity contribution in [3.8, 4) is 0 Å². The third-order valence-electron chi connectivity index (χ3n) is 5.75. The van der Waals surface area contributed by atoms with Crippen LogP contribution in [0.25, 0.3) is 0 Å². The minimum absolute atomic E-state index is 0.0316. The van der Waals surface area contributed by atoms with Crippen LogP contribution in [0.2, 0.25) is 0 Å². The van der Waals surface area contributed by atoms with Crippen LogP contribution in [0, 0.1) is 0 Å². The summed E-state index contributed by atoms with van der Waals surface area (Å²) in [5, 5.41) is 12.6. The van der Waals surface area contributed by atoms with Crippen LogP contribution in [0.1, 0.15) is 52.7 Å². The van der Waals surface area contributed by atoms with Gasteiger partial charge < -0.3 is 5.11 Å². The standard InChI is InChI=1S/C25H27F3N2O4/c26-25(27,28)21-9-2-6-19(16-21)17-22(31)11-14-29-12-4-10-23(32)30(29)13-3-7-18-5-1-8-20(15-18)24(33)34/h1-2,5-6,8-9,15-16H,3-4,7,10-14,17H2,(H,33,34). The summed E-state index contributed by atoms with van der Waals surface area (Å²) in [6, 6.07) is 11.4. The van der Waals surface area contributed by atoms with Crippen LogP contribution in [0.15, 0.2) is 48.5 Å². The van der Waals surface area contributed by atoms with Gasteiger partial charge in [-0.3, -0.25) is 14.6 Å². The van der Waals surface area contributed by atoms with E-state index in [0.29, 0.717) is 50.9 Å². The summed E-state index contributed by atoms with van der Waals surface area (Å²) in [4.78, 5) is 36.0. The number of carboxylic acids is 1. The monoisotopic (exact) mass is 476 g/mol. The molecule has 3 rings (SSSR count). The lowest BCUT2D eigenvalue weighted by Crippen LogP contribution is -2.51. The molecule has 34 heavy (non-hydrogen) atoms. The summed E-state index contributed by atoms with van der Waals surface area (Å²) in [5.41, 5.74) is 0.620. The van der Waals surface area contributed by atoms with Gasteiger partial charge in [0.05, 0.1) is 11.1 Å². The Labute approximate surface area is 195 Å². The summed E-state index contributed by atoms with van der Waals surface area (Å²) in [6.45, 7) is 1.38. The Hall–Kier alpha value is -3.20. The molecule has 1 fully saturated rings. The number of alkyl halides is 3. The molecule has 1 N–H and O–H groups in total. The highest BCUT2D eigenvalue weighted by atomic mass is 19.4. The maximum Gasteiger partial charge on any atom is 0.416 e. The summed E-state index contributed by atoms with van der Waals surface area (Å²) in [6.07, 6.45) is -2.09. The quantitative estimate of drug-likeness (QED) is 0.551. The zero-order valence-electron chi connectivity index (χ0n) is 18.7. The van der Waals surface area contributed by atoms with Gasteiger partial charge in [0.1, 0.15) is 5.78 Å². The van der Waals surface area contributed by atoms with Gasteiger partial charge in [-0.25, -0.2) is 9.80 Å². The van der Waals surface area contributed by atoms with E-state index >= 15 is 0 Å². The molecule has 0 atom stereocenters. The molecule has 0 spiro atoms. The van der Waals surface area contributed by atoms with Crippen LogP contribution >= 0.6 is 0 Å². The van der Waals surface area contributed by atoms with Crippen molar-refractivity contribution in [1.29, 1.82) is 0 Å². The van der Waals surface area contributed by atoms with Crippen molar-refractivity contribution in [2.75, 3.05) is 19.6 Å². The van der Waals surface area contributed by atoms with Gasteiger partial charge in [0, 0.05) is 38.9 Å². The van der Waals surface area contributed by atoms with E-state index in [4.69, 9.17) is 5.11 Å². The lowest BCUT2D eigenvalue weighted by Gasteiger charge is -2.38. The molecule has 9 heteroatoms. The van der Waals surface area contributed by atoms with Gasteiger partial charge in [-0.05, 0) is 48.6 Å². The molecule has 2 aromatic rings. The Morgan fingerprint density at radius 3 is 2.47 bits per heavy atom. The van der Waals surface area contributed by atoms with Crippen LogP contribution < -0.4 is 0 Å². The van der Waals surface area contributed by atoms with E-state index in [0.717, 1.165) is 17.7 Å². The molecule has 0 radical (unpaired) electrons. The molecule has 0 saturated carbocycles. The van der Waals surface area contributed by atoms with Gasteiger partial charge >= 0.3 is 12.1 Å². The fourth-order valence-corrected chi connectivity index (χ4v) is 4.04. The summed E-state index contributed by atoms with van der Waals surface area (Å²) < 4.78 is 38.7. The first kappa shape index (κ1) is 25.4. The van der Waals surface area contributed by atoms with Crippen molar-refractivity contribution in [2.24, 2.45) is 0 Å². The number of hydrogen-bond donors (Lipinski definition) is 1. The minimum Gasteiger partial charge on any atom is -0.478 e. The van der Waals surface area contributed by atoms with Crippen molar-refractivity contribution in [2.45, 2.75) is 44.7 Å². The predicted molar refractivity (Wildman–Crippen MR) is 119 cm³/mol. The molecule has 182 valence electrons. The second-order valence-corrected chi connectivity index (χ2v) is 8.35. The number of aryl methyl sites for hydroxylation is 1. The molecule has 0 unspecified atom stereocenters. The van der Waals surface area contributed by atoms with E-state index in [1.54, 1.807) is 17.1 Å². The van der Waals surface area contributed by atoms with Crippen molar-refractivity contribution in [3.63, 3.8) is 0 Å². The van der Waals surface area contributed by atoms with E-state index in [9.17, 15) is 27.6 Å². The largest absolute Gasteiger partial charge is 0.478 e. The number of Topliss-reactive ketones (excluding diaryl/α,β-unsaturated/α-hetero) is 1. The van der Waals surface area contributed by atoms with Gasteiger partial charge in [0.15, 0.2) is 0 Å². The van der Waals surface area contributed by atoms with Crippen molar-refractivity contribution < 1.29 is 32.7 Å². The number of carbonyl (C=O) groups excluding carboxylic acids is 2. The number of halogens is 3. The van der Waals surface area contributed by atoms with Crippen LogP contribution in [0.4, 0.5) is 13.2 Å². The molecular formula is C25H27F3N2O4. The second kappa shape index (κ2) is 11.3. The smallest absolute Gasteiger partial charge is 0.416 e. The van der Waals surface area contributed by atoms with Crippen molar-refractivity contribution in [1.82, 2.24) is 10.0 Å². The van der Waals surface area contributed by atoms with Crippen LogP contribution in [0.3, 0.4) is 0 Å². The summed E-state index contributed by atoms with van der Waals surface area (Å²) >= 11 is 0. The highest BCUT2D eigenvalue weighted by molar-refractivity contribution is 5.87. The van der Waals surface area contributed by atoms with Crippen molar-refractivity contribution in [3.05, 3.63) is 70.8 Å². The molecule has 1 aliphatic rings. The molecular weight excluding hydrogens is 449 g/mol. The number of hydrazine groups is 1. The average molecular weight is 476 g/mol. The number of carbonyl (C=O) groups is 3. The number of nitrogens with zero attached hydrogens (tertiary/aromatic N) is 2. The molecule has 1 heterocycles. The topological polar surface area (TPSA) is 77.9 Å². The average Bonchev–Trinajstić information content (AvgIpc) is 2.79. The molecule has 1 amide bonds. The number of hydrogen-bond acceptors (Lipinski definition) is 4. The molecule has 0 bridgehead atoms. The number of carboxylic acid groups (broad SMARTS) is 1. The Bertz CT molecular complexity index is 1040. The third-order valence-corrected chi connectivity index (χ3v) is 5.75. The molecule has 0 aromatic heterocycles. The highest BCUT2D eigenvalue weighted by Crippen LogP contribution is 2.29. The SMILES string of the molecule is O=C(CCN1CCCC(=O)N1CCCc1cccc(C(=O)O)c1)Cc1cccc(C(F)(F)F)c1. The first-order chi connectivity index (χ1) is 16.1. The molecule has 6 nitrogen and oxygen atoms in total. The van der Waals surface area contributed by atoms with Crippen LogP contribution in [-0.4, -0.2) is 52.4 Å². The first-order valence-corrected chi connectivity index (χ1v) is 11.2. The zero-order valence-corrected chi connectivity index (χ0v) is 18.7. The highest BCUT2D eigenvalue weighted by Gasteiger charge is 2.30. The van der Waals surface area contributed by atoms with Gasteiger partial charge in [-0.15, -0.1) is 0 Å². The second-order valence-electron chi connectivity index (χ2n) is 8.35. The van der Waals surface area contributed by atoms with Crippen LogP contribution in [-0.2, 0) is 28.6 Å². The fourth-order valence-electron chi connectivity index (χ4n) is 4.04. The fraction of sp³-hybridized carbons (Fsp3) is 0.400. The van der Waals surface area contributed by atoms with Gasteiger partial charge in [0.25, 0.3) is 0 Å². The van der Waals surface area contributed by atoms with Gasteiger partial charge in [-0.2, -0.15) is 13.2 Å². The molecule has 1 aliphatic heterocycles. The van der Waals surface area contributed by atoms with E-state index in [1.807, 2.05) is 11.1 Å². The lowest BCUT2D eigenvalue weighted by molar-refractivity contribution is -0.156. The van der Waals surface area contributed by atoms with E-state index < -0.39 is 17.7 Å². The Morgan fingerprint density at radius 2 is 1.74 bits per heavy atom. The van der Waals surface area contributed by atoms with Crippen LogP contribution in [0.5, 0.6) is 0 Å². The lowest BCUT2D eigenvalue weighted by atomic mass is 10.0. The number of ketones is 1. The molecule has 1 saturated heterocycles. The van der Waals surface area contributed by atoms with Gasteiger partial charge in [0.2, 0.25) is 5.91 Å². The first-order valence-electron chi connectivity index (χ1n) is 11.2. The van der Waals surface area contributed by atoms with E-state index in [2.05, 4.69) is 0 Å².